The number of anilines is 1. The highest BCUT2D eigenvalue weighted by molar-refractivity contribution is 6.02. The molecule has 114 valence electrons. The molecule has 1 aliphatic heterocycles. The van der Waals surface area contributed by atoms with E-state index in [1.165, 1.54) is 0 Å². The van der Waals surface area contributed by atoms with Crippen LogP contribution in [0.3, 0.4) is 0 Å². The number of aryl methyl sites for hydroxylation is 1. The van der Waals surface area contributed by atoms with E-state index in [4.69, 9.17) is 9.47 Å². The van der Waals surface area contributed by atoms with Gasteiger partial charge in [-0.05, 0) is 30.7 Å². The molecule has 1 unspecified atom stereocenters. The van der Waals surface area contributed by atoms with E-state index in [9.17, 15) is 4.79 Å². The number of hydrogen-bond donors (Lipinski definition) is 2. The minimum absolute atomic E-state index is 0.0969. The molecule has 0 saturated heterocycles. The van der Waals surface area contributed by atoms with Gasteiger partial charge in [-0.3, -0.25) is 4.79 Å². The second-order valence-corrected chi connectivity index (χ2v) is 5.16. The number of rotatable bonds is 3. The lowest BCUT2D eigenvalue weighted by Gasteiger charge is -2.30. The molecule has 1 heterocycles. The quantitative estimate of drug-likeness (QED) is 0.915. The van der Waals surface area contributed by atoms with Gasteiger partial charge >= 0.3 is 0 Å². The Labute approximate surface area is 129 Å². The molecule has 0 saturated carbocycles. The Bertz CT molecular complexity index is 728. The van der Waals surface area contributed by atoms with Crippen LogP contribution in [-0.4, -0.2) is 20.1 Å². The number of ether oxygens (including phenoxy) is 2. The summed E-state index contributed by atoms with van der Waals surface area (Å²) >= 11 is 0. The normalized spacial score (nSPS) is 16.3. The van der Waals surface area contributed by atoms with Crippen LogP contribution in [-0.2, 0) is 0 Å². The van der Waals surface area contributed by atoms with Crippen molar-refractivity contribution >= 4 is 11.6 Å². The maximum Gasteiger partial charge on any atom is 0.255 e. The second-order valence-electron chi connectivity index (χ2n) is 5.16. The van der Waals surface area contributed by atoms with Crippen LogP contribution >= 0.6 is 0 Å². The van der Waals surface area contributed by atoms with Crippen LogP contribution in [0.25, 0.3) is 0 Å². The molecule has 0 fully saturated rings. The van der Waals surface area contributed by atoms with E-state index in [-0.39, 0.29) is 12.1 Å². The number of fused-ring (bicyclic) bond motifs is 1. The van der Waals surface area contributed by atoms with Gasteiger partial charge in [0.25, 0.3) is 5.91 Å². The highest BCUT2D eigenvalue weighted by atomic mass is 16.5. The molecule has 1 aliphatic rings. The first-order valence-electron chi connectivity index (χ1n) is 7.03. The maximum atomic E-state index is 12.3. The molecule has 0 radical (unpaired) electrons. The van der Waals surface area contributed by atoms with Crippen molar-refractivity contribution in [1.82, 2.24) is 5.32 Å². The van der Waals surface area contributed by atoms with Gasteiger partial charge in [0.15, 0.2) is 0 Å². The van der Waals surface area contributed by atoms with Gasteiger partial charge in [-0.25, -0.2) is 0 Å². The Morgan fingerprint density at radius 2 is 1.86 bits per heavy atom. The number of benzene rings is 2. The lowest BCUT2D eigenvalue weighted by atomic mass is 10.0. The maximum absolute atomic E-state index is 12.3. The molecule has 2 aromatic rings. The van der Waals surface area contributed by atoms with Gasteiger partial charge in [0, 0.05) is 11.6 Å². The van der Waals surface area contributed by atoms with Crippen LogP contribution in [0.5, 0.6) is 11.5 Å². The monoisotopic (exact) mass is 298 g/mol. The summed E-state index contributed by atoms with van der Waals surface area (Å²) < 4.78 is 10.6. The van der Waals surface area contributed by atoms with E-state index in [0.29, 0.717) is 17.1 Å². The summed E-state index contributed by atoms with van der Waals surface area (Å²) in [6.45, 7) is 1.98. The number of nitrogens with one attached hydrogen (secondary N) is 2. The van der Waals surface area contributed by atoms with Gasteiger partial charge in [0.2, 0.25) is 0 Å². The Kier molecular flexibility index (Phi) is 3.63. The summed E-state index contributed by atoms with van der Waals surface area (Å²) in [5, 5.41) is 6.33. The van der Waals surface area contributed by atoms with E-state index >= 15 is 0 Å². The van der Waals surface area contributed by atoms with Crippen LogP contribution in [0.15, 0.2) is 36.4 Å². The minimum Gasteiger partial charge on any atom is -0.497 e. The van der Waals surface area contributed by atoms with Gasteiger partial charge in [-0.2, -0.15) is 0 Å². The van der Waals surface area contributed by atoms with Crippen molar-refractivity contribution in [3.63, 3.8) is 0 Å². The van der Waals surface area contributed by atoms with Crippen LogP contribution < -0.4 is 20.1 Å². The molecule has 22 heavy (non-hydrogen) atoms. The van der Waals surface area contributed by atoms with E-state index in [1.807, 2.05) is 37.3 Å². The molecule has 5 heteroatoms. The van der Waals surface area contributed by atoms with Crippen LogP contribution in [0.4, 0.5) is 5.69 Å². The second kappa shape index (κ2) is 5.60. The third-order valence-electron chi connectivity index (χ3n) is 3.83. The Balaban J connectivity index is 2.01. The fourth-order valence-corrected chi connectivity index (χ4v) is 2.65. The fraction of sp³-hybridized carbons (Fsp3) is 0.235. The third kappa shape index (κ3) is 2.35. The van der Waals surface area contributed by atoms with E-state index in [1.54, 1.807) is 20.3 Å². The van der Waals surface area contributed by atoms with Crippen molar-refractivity contribution < 1.29 is 14.3 Å². The number of amides is 1. The summed E-state index contributed by atoms with van der Waals surface area (Å²) in [5.74, 6) is 1.27. The molecule has 3 rings (SSSR count). The van der Waals surface area contributed by atoms with Crippen molar-refractivity contribution in [1.29, 1.82) is 0 Å². The zero-order valence-corrected chi connectivity index (χ0v) is 12.8. The summed E-state index contributed by atoms with van der Waals surface area (Å²) in [5.41, 5.74) is 3.40. The number of carbonyl (C=O) groups is 1. The molecule has 0 aromatic heterocycles. The standard InChI is InChI=1S/C17H18N2O3/c1-10-5-4-6-13-15(10)18-16(19-17(13)20)12-8-7-11(21-2)9-14(12)22-3/h4-9,16,18H,1-3H3,(H,19,20). The molecule has 2 aromatic carbocycles. The molecule has 0 spiro atoms. The highest BCUT2D eigenvalue weighted by Gasteiger charge is 2.27. The zero-order valence-electron chi connectivity index (χ0n) is 12.8. The van der Waals surface area contributed by atoms with Crippen molar-refractivity contribution in [2.24, 2.45) is 0 Å². The first-order chi connectivity index (χ1) is 10.6. The SMILES string of the molecule is COc1ccc(C2NC(=O)c3cccc(C)c3N2)c(OC)c1. The molecule has 2 N–H and O–H groups in total. The van der Waals surface area contributed by atoms with Gasteiger partial charge < -0.3 is 20.1 Å². The summed E-state index contributed by atoms with van der Waals surface area (Å²) in [7, 11) is 3.21. The Morgan fingerprint density at radius 1 is 1.05 bits per heavy atom. The molecule has 1 amide bonds. The summed E-state index contributed by atoms with van der Waals surface area (Å²) in [4.78, 5) is 12.3. The molecular weight excluding hydrogens is 280 g/mol. The predicted octanol–water partition coefficient (Wildman–Crippen LogP) is 2.87. The summed E-state index contributed by atoms with van der Waals surface area (Å²) in [6.07, 6.45) is -0.345. The predicted molar refractivity (Wildman–Crippen MR) is 84.6 cm³/mol. The van der Waals surface area contributed by atoms with Gasteiger partial charge in [-0.15, -0.1) is 0 Å². The zero-order chi connectivity index (χ0) is 15.7. The van der Waals surface area contributed by atoms with Crippen molar-refractivity contribution in [3.8, 4) is 11.5 Å². The molecule has 1 atom stereocenters. The van der Waals surface area contributed by atoms with Crippen LogP contribution in [0, 0.1) is 6.92 Å². The lowest BCUT2D eigenvalue weighted by Crippen LogP contribution is -2.38. The smallest absolute Gasteiger partial charge is 0.255 e. The summed E-state index contributed by atoms with van der Waals surface area (Å²) in [6, 6.07) is 11.2. The lowest BCUT2D eigenvalue weighted by molar-refractivity contribution is 0.0935. The van der Waals surface area contributed by atoms with Gasteiger partial charge in [-0.1, -0.05) is 12.1 Å². The van der Waals surface area contributed by atoms with Gasteiger partial charge in [0.1, 0.15) is 17.7 Å². The Morgan fingerprint density at radius 3 is 2.59 bits per heavy atom. The number of carbonyl (C=O) groups excluding carboxylic acids is 1. The molecule has 0 aliphatic carbocycles. The average Bonchev–Trinajstić information content (AvgIpc) is 2.55. The van der Waals surface area contributed by atoms with Crippen LogP contribution in [0.1, 0.15) is 27.7 Å². The largest absolute Gasteiger partial charge is 0.497 e. The molecular formula is C17H18N2O3. The highest BCUT2D eigenvalue weighted by Crippen LogP contribution is 2.34. The third-order valence-corrected chi connectivity index (χ3v) is 3.83. The average molecular weight is 298 g/mol. The van der Waals surface area contributed by atoms with Crippen molar-refractivity contribution in [3.05, 3.63) is 53.1 Å². The van der Waals surface area contributed by atoms with Crippen molar-refractivity contribution in [2.45, 2.75) is 13.1 Å². The number of hydrogen-bond acceptors (Lipinski definition) is 4. The Hall–Kier alpha value is -2.69. The number of methoxy groups -OCH3 is 2. The molecule has 5 nitrogen and oxygen atoms in total. The first kappa shape index (κ1) is 14.3. The first-order valence-corrected chi connectivity index (χ1v) is 7.03. The van der Waals surface area contributed by atoms with Gasteiger partial charge in [0.05, 0.1) is 25.5 Å². The van der Waals surface area contributed by atoms with E-state index in [2.05, 4.69) is 10.6 Å². The topological polar surface area (TPSA) is 59.6 Å². The van der Waals surface area contributed by atoms with E-state index in [0.717, 1.165) is 16.8 Å². The van der Waals surface area contributed by atoms with Crippen LogP contribution in [0.2, 0.25) is 0 Å². The number of para-hydroxylation sites is 1. The molecule has 0 bridgehead atoms. The fourth-order valence-electron chi connectivity index (χ4n) is 2.65. The van der Waals surface area contributed by atoms with Crippen molar-refractivity contribution in [2.75, 3.05) is 19.5 Å². The van der Waals surface area contributed by atoms with E-state index < -0.39 is 0 Å². The minimum atomic E-state index is -0.345.